The Bertz CT molecular complexity index is 1910. The van der Waals surface area contributed by atoms with Gasteiger partial charge in [-0.1, -0.05) is 19.1 Å². The van der Waals surface area contributed by atoms with Gasteiger partial charge in [-0.15, -0.1) is 0 Å². The quantitative estimate of drug-likeness (QED) is 0.292. The average Bonchev–Trinajstić information content (AvgIpc) is 3.62. The van der Waals surface area contributed by atoms with E-state index in [2.05, 4.69) is 25.5 Å². The van der Waals surface area contributed by atoms with Crippen molar-refractivity contribution >= 4 is 33.4 Å². The molecule has 3 fully saturated rings. The van der Waals surface area contributed by atoms with E-state index in [1.807, 2.05) is 11.8 Å². The number of halogens is 2. The summed E-state index contributed by atoms with van der Waals surface area (Å²) >= 11 is 0. The molecule has 6 heterocycles. The molecule has 48 heavy (non-hydrogen) atoms. The van der Waals surface area contributed by atoms with E-state index in [9.17, 15) is 9.90 Å². The van der Waals surface area contributed by atoms with Crippen molar-refractivity contribution in [2.45, 2.75) is 56.2 Å². The van der Waals surface area contributed by atoms with Crippen LogP contribution in [0.3, 0.4) is 0 Å². The summed E-state index contributed by atoms with van der Waals surface area (Å²) in [4.78, 5) is 31.6. The zero-order chi connectivity index (χ0) is 33.0. The highest BCUT2D eigenvalue weighted by molar-refractivity contribution is 6.00. The molecule has 2 aromatic heterocycles. The Balaban J connectivity index is 1.27. The number of fused-ring (bicyclic) bond motifs is 9. The molecule has 0 radical (unpaired) electrons. The van der Waals surface area contributed by atoms with E-state index in [0.717, 1.165) is 32.4 Å². The van der Waals surface area contributed by atoms with E-state index in [1.165, 1.54) is 30.5 Å². The number of carbonyl (C=O) groups excluding carboxylic acids is 1. The number of nitrogens with one attached hydrogen (secondary N) is 2. The number of hydrogen-bond donors (Lipinski definition) is 3. The van der Waals surface area contributed by atoms with Crippen molar-refractivity contribution in [2.75, 3.05) is 57.4 Å². The van der Waals surface area contributed by atoms with Gasteiger partial charge in [0.25, 0.3) is 0 Å². The first kappa shape index (κ1) is 31.1. The van der Waals surface area contributed by atoms with Gasteiger partial charge in [0, 0.05) is 61.8 Å². The van der Waals surface area contributed by atoms with Crippen LogP contribution < -0.4 is 20.3 Å². The van der Waals surface area contributed by atoms with Gasteiger partial charge in [0.1, 0.15) is 35.2 Å². The summed E-state index contributed by atoms with van der Waals surface area (Å²) < 4.78 is 44.7. The lowest BCUT2D eigenvalue weighted by Crippen LogP contribution is -2.62. The van der Waals surface area contributed by atoms with Gasteiger partial charge in [-0.3, -0.25) is 14.7 Å². The zero-order valence-electron chi connectivity index (χ0n) is 26.9. The molecule has 3 atom stereocenters. The Kier molecular flexibility index (Phi) is 7.80. The Hall–Kier alpha value is -4.20. The molecule has 1 amide bonds. The molecule has 252 valence electrons. The van der Waals surface area contributed by atoms with Crippen molar-refractivity contribution in [3.63, 3.8) is 0 Å². The normalized spacial score (nSPS) is 26.7. The molecule has 13 heteroatoms. The molecule has 2 aromatic carbocycles. The lowest BCUT2D eigenvalue weighted by atomic mass is 9.88. The van der Waals surface area contributed by atoms with Crippen molar-refractivity contribution in [3.05, 3.63) is 48.2 Å². The third kappa shape index (κ3) is 5.37. The largest absolute Gasteiger partial charge is 0.508 e. The van der Waals surface area contributed by atoms with Crippen LogP contribution in [0.25, 0.3) is 32.9 Å². The van der Waals surface area contributed by atoms with Crippen LogP contribution in [0.2, 0.25) is 0 Å². The number of nitrogens with zero attached hydrogens (tertiary/aromatic N) is 5. The van der Waals surface area contributed by atoms with Crippen LogP contribution in [0.5, 0.6) is 11.8 Å². The molecule has 0 saturated carbocycles. The van der Waals surface area contributed by atoms with Crippen LogP contribution in [0.15, 0.2) is 36.5 Å². The second kappa shape index (κ2) is 12.0. The minimum Gasteiger partial charge on any atom is -0.508 e. The number of phenolic OH excluding ortho intramolecular Hbond substituents is 1. The van der Waals surface area contributed by atoms with Gasteiger partial charge in [-0.25, -0.2) is 8.78 Å². The summed E-state index contributed by atoms with van der Waals surface area (Å²) in [6.07, 6.45) is 5.17. The lowest BCUT2D eigenvalue weighted by molar-refractivity contribution is -0.123. The molecular weight excluding hydrogens is 620 g/mol. The van der Waals surface area contributed by atoms with Gasteiger partial charge in [0.15, 0.2) is 5.82 Å². The predicted octanol–water partition coefficient (Wildman–Crippen LogP) is 3.91. The fourth-order valence-corrected chi connectivity index (χ4v) is 8.25. The number of phenols is 1. The van der Waals surface area contributed by atoms with Crippen molar-refractivity contribution in [1.29, 1.82) is 0 Å². The lowest BCUT2D eigenvalue weighted by Gasteiger charge is -2.44. The molecule has 6 bridgehead atoms. The summed E-state index contributed by atoms with van der Waals surface area (Å²) in [7, 11) is 0. The van der Waals surface area contributed by atoms with Gasteiger partial charge < -0.3 is 30.1 Å². The fraction of sp³-hybridized carbons (Fsp3) is 0.486. The molecule has 0 unspecified atom stereocenters. The van der Waals surface area contributed by atoms with E-state index in [1.54, 1.807) is 6.07 Å². The average molecular weight is 660 g/mol. The number of hydrogen-bond acceptors (Lipinski definition) is 10. The number of rotatable bonds is 2. The minimum atomic E-state index is -0.770. The Morgan fingerprint density at radius 1 is 1.17 bits per heavy atom. The van der Waals surface area contributed by atoms with Gasteiger partial charge >= 0.3 is 6.01 Å². The van der Waals surface area contributed by atoms with Crippen LogP contribution in [0, 0.1) is 11.6 Å². The second-order valence-corrected chi connectivity index (χ2v) is 13.6. The van der Waals surface area contributed by atoms with Crippen molar-refractivity contribution < 1.29 is 28.2 Å². The van der Waals surface area contributed by atoms with E-state index in [-0.39, 0.29) is 57.9 Å². The molecular formula is C35H39F2N7O4. The Morgan fingerprint density at radius 3 is 2.94 bits per heavy atom. The van der Waals surface area contributed by atoms with Crippen LogP contribution in [-0.2, 0) is 9.53 Å². The van der Waals surface area contributed by atoms with Crippen molar-refractivity contribution in [2.24, 2.45) is 0 Å². The highest BCUT2D eigenvalue weighted by Gasteiger charge is 2.49. The van der Waals surface area contributed by atoms with E-state index < -0.39 is 17.2 Å². The molecule has 3 saturated heterocycles. The standard InChI is InChI=1S/C35H39F2N7O4/c1-2-34-16-27(46)38-9-12-47-23-15-35(7-4-10-44(35)18-23)20-48-33-41-31-25(32(42-33)43(19-34)11-8-40-34)17-39-30(29(31)37)24-14-22(45)13-21-5-3-6-26(36)28(21)24/h3,5-6,13-14,17,23,40,45H,2,4,7-12,15-16,18-20H2,1H3,(H,38,46)/t23-,34+,35-/m1/s1. The summed E-state index contributed by atoms with van der Waals surface area (Å²) in [6.45, 7) is 6.49. The maximum Gasteiger partial charge on any atom is 0.319 e. The first-order valence-electron chi connectivity index (χ1n) is 16.8. The van der Waals surface area contributed by atoms with Gasteiger partial charge in [-0.05, 0) is 55.8 Å². The topological polar surface area (TPSA) is 125 Å². The third-order valence-electron chi connectivity index (χ3n) is 10.7. The highest BCUT2D eigenvalue weighted by atomic mass is 19.1. The molecule has 0 aliphatic carbocycles. The fourth-order valence-electron chi connectivity index (χ4n) is 8.25. The molecule has 4 aromatic rings. The summed E-state index contributed by atoms with van der Waals surface area (Å²) in [5, 5.41) is 18.0. The van der Waals surface area contributed by atoms with Crippen molar-refractivity contribution in [3.8, 4) is 23.0 Å². The number of amides is 1. The number of pyridine rings is 1. The van der Waals surface area contributed by atoms with Crippen molar-refractivity contribution in [1.82, 2.24) is 30.5 Å². The van der Waals surface area contributed by atoms with E-state index in [0.29, 0.717) is 62.4 Å². The number of benzene rings is 2. The number of ether oxygens (including phenoxy) is 2. The number of anilines is 1. The molecule has 3 N–H and O–H groups in total. The first-order chi connectivity index (χ1) is 23.3. The number of carbonyl (C=O) groups is 1. The first-order valence-corrected chi connectivity index (χ1v) is 16.8. The van der Waals surface area contributed by atoms with E-state index >= 15 is 8.78 Å². The zero-order valence-corrected chi connectivity index (χ0v) is 26.9. The summed E-state index contributed by atoms with van der Waals surface area (Å²) in [6, 6.07) is 7.28. The van der Waals surface area contributed by atoms with Crippen LogP contribution in [0.1, 0.15) is 39.0 Å². The molecule has 11 nitrogen and oxygen atoms in total. The minimum absolute atomic E-state index is 0.00660. The number of piperazine rings is 1. The third-order valence-corrected chi connectivity index (χ3v) is 10.7. The Labute approximate surface area is 276 Å². The predicted molar refractivity (Wildman–Crippen MR) is 176 cm³/mol. The second-order valence-electron chi connectivity index (χ2n) is 13.6. The number of aromatic hydroxyl groups is 1. The van der Waals surface area contributed by atoms with Crippen LogP contribution in [0.4, 0.5) is 14.6 Å². The smallest absolute Gasteiger partial charge is 0.319 e. The number of aromatic nitrogens is 3. The van der Waals surface area contributed by atoms with Crippen LogP contribution >= 0.6 is 0 Å². The molecule has 1 spiro atoms. The summed E-state index contributed by atoms with van der Waals surface area (Å²) in [5.74, 6) is -1.08. The SMILES string of the molecule is CC[C@@]12CC(=O)NCCO[C@H]3CN4CCC[C@]4(COc4nc(c5cnc(-c6cc(O)cc7cccc(F)c67)c(F)c5n4)N(CCN1)C2)C3. The molecule has 4 aliphatic heterocycles. The highest BCUT2D eigenvalue weighted by Crippen LogP contribution is 2.42. The van der Waals surface area contributed by atoms with Gasteiger partial charge in [0.05, 0.1) is 23.6 Å². The maximum absolute atomic E-state index is 16.8. The van der Waals surface area contributed by atoms with Gasteiger partial charge in [-0.2, -0.15) is 9.97 Å². The Morgan fingerprint density at radius 2 is 2.06 bits per heavy atom. The molecule has 8 rings (SSSR count). The van der Waals surface area contributed by atoms with Crippen LogP contribution in [-0.4, -0.2) is 101 Å². The summed E-state index contributed by atoms with van der Waals surface area (Å²) in [5.41, 5.74) is -0.850. The van der Waals surface area contributed by atoms with Gasteiger partial charge in [0.2, 0.25) is 5.91 Å². The molecule has 4 aliphatic rings. The van der Waals surface area contributed by atoms with E-state index in [4.69, 9.17) is 14.5 Å². The monoisotopic (exact) mass is 659 g/mol. The maximum atomic E-state index is 16.8.